The zero-order valence-electron chi connectivity index (χ0n) is 9.88. The summed E-state index contributed by atoms with van der Waals surface area (Å²) in [7, 11) is 1.99. The fraction of sp³-hybridized carbons (Fsp3) is 0.455. The summed E-state index contributed by atoms with van der Waals surface area (Å²) in [6.45, 7) is 4.93. The van der Waals surface area contributed by atoms with Gasteiger partial charge in [-0.3, -0.25) is 0 Å². The van der Waals surface area contributed by atoms with Crippen LogP contribution in [0.4, 0.5) is 5.95 Å². The molecule has 0 saturated carbocycles. The Kier molecular flexibility index (Phi) is 2.94. The Morgan fingerprint density at radius 2 is 2.00 bits per heavy atom. The highest BCUT2D eigenvalue weighted by Crippen LogP contribution is 2.08. The zero-order valence-corrected chi connectivity index (χ0v) is 9.88. The Morgan fingerprint density at radius 1 is 1.25 bits per heavy atom. The second-order valence-electron chi connectivity index (χ2n) is 4.13. The molecule has 0 radical (unpaired) electrons. The summed E-state index contributed by atoms with van der Waals surface area (Å²) in [5.41, 5.74) is 0. The molecule has 0 aliphatic carbocycles. The van der Waals surface area contributed by atoms with Crippen molar-refractivity contribution in [1.29, 1.82) is 0 Å². The van der Waals surface area contributed by atoms with Crippen molar-refractivity contribution in [3.8, 4) is 0 Å². The minimum absolute atomic E-state index is 0.377. The van der Waals surface area contributed by atoms with E-state index in [1.165, 1.54) is 0 Å². The van der Waals surface area contributed by atoms with Crippen LogP contribution in [0.25, 0.3) is 0 Å². The summed E-state index contributed by atoms with van der Waals surface area (Å²) in [6, 6.07) is 0.377. The smallest absolute Gasteiger partial charge is 0.203 e. The molecule has 0 bridgehead atoms. The lowest BCUT2D eigenvalue weighted by Gasteiger charge is -2.11. The molecule has 2 aromatic rings. The molecule has 0 unspecified atom stereocenters. The quantitative estimate of drug-likeness (QED) is 0.847. The molecule has 0 amide bonds. The average Bonchev–Trinajstić information content (AvgIpc) is 2.78. The number of anilines is 1. The van der Waals surface area contributed by atoms with Gasteiger partial charge in [-0.05, 0) is 13.8 Å². The van der Waals surface area contributed by atoms with Gasteiger partial charge in [0.15, 0.2) is 0 Å². The molecule has 0 fully saturated rings. The van der Waals surface area contributed by atoms with Gasteiger partial charge in [0.25, 0.3) is 0 Å². The van der Waals surface area contributed by atoms with Gasteiger partial charge in [0.2, 0.25) is 5.95 Å². The van der Waals surface area contributed by atoms with Gasteiger partial charge in [0, 0.05) is 37.9 Å². The van der Waals surface area contributed by atoms with Crippen molar-refractivity contribution in [2.75, 3.05) is 5.32 Å². The lowest BCUT2D eigenvalue weighted by molar-refractivity contribution is 0.695. The Hall–Kier alpha value is -1.78. The molecule has 0 atom stereocenters. The monoisotopic (exact) mass is 219 g/mol. The lowest BCUT2D eigenvalue weighted by atomic mass is 10.4. The summed E-state index contributed by atoms with van der Waals surface area (Å²) >= 11 is 0. The zero-order chi connectivity index (χ0) is 11.5. The maximum atomic E-state index is 4.30. The van der Waals surface area contributed by atoms with Crippen LogP contribution in [0.5, 0.6) is 0 Å². The third kappa shape index (κ3) is 2.24. The Morgan fingerprint density at radius 3 is 2.62 bits per heavy atom. The molecule has 1 N–H and O–H groups in total. The van der Waals surface area contributed by atoms with Crippen LogP contribution in [-0.2, 0) is 13.6 Å². The number of aryl methyl sites for hydroxylation is 1. The first kappa shape index (κ1) is 10.7. The lowest BCUT2D eigenvalue weighted by Crippen LogP contribution is -2.15. The van der Waals surface area contributed by atoms with Crippen molar-refractivity contribution < 1.29 is 0 Å². The first-order chi connectivity index (χ1) is 7.66. The van der Waals surface area contributed by atoms with Crippen LogP contribution >= 0.6 is 0 Å². The van der Waals surface area contributed by atoms with Crippen LogP contribution in [0.15, 0.2) is 24.8 Å². The van der Waals surface area contributed by atoms with E-state index in [-0.39, 0.29) is 0 Å². The first-order valence-corrected chi connectivity index (χ1v) is 5.40. The van der Waals surface area contributed by atoms with E-state index in [1.807, 2.05) is 30.2 Å². The minimum Gasteiger partial charge on any atom is -0.353 e. The summed E-state index contributed by atoms with van der Waals surface area (Å²) in [5, 5.41) is 3.30. The Labute approximate surface area is 95.1 Å². The van der Waals surface area contributed by atoms with E-state index in [0.29, 0.717) is 6.04 Å². The van der Waals surface area contributed by atoms with Crippen molar-refractivity contribution in [3.63, 3.8) is 0 Å². The highest BCUT2D eigenvalue weighted by molar-refractivity contribution is 5.27. The molecule has 2 aromatic heterocycles. The highest BCUT2D eigenvalue weighted by Gasteiger charge is 2.06. The topological polar surface area (TPSA) is 47.7 Å². The van der Waals surface area contributed by atoms with Gasteiger partial charge in [0.05, 0.1) is 6.54 Å². The molecule has 5 heteroatoms. The molecule has 86 valence electrons. The normalized spacial score (nSPS) is 11.0. The number of hydrogen-bond acceptors (Lipinski definition) is 3. The second-order valence-corrected chi connectivity index (χ2v) is 4.13. The van der Waals surface area contributed by atoms with E-state index in [0.717, 1.165) is 18.3 Å². The number of nitrogens with one attached hydrogen (secondary N) is 1. The third-order valence-electron chi connectivity index (χ3n) is 2.37. The summed E-state index contributed by atoms with van der Waals surface area (Å²) in [5.74, 6) is 1.91. The van der Waals surface area contributed by atoms with Gasteiger partial charge in [-0.2, -0.15) is 0 Å². The summed E-state index contributed by atoms with van der Waals surface area (Å²) < 4.78 is 4.07. The van der Waals surface area contributed by atoms with E-state index in [2.05, 4.69) is 33.7 Å². The second kappa shape index (κ2) is 4.38. The van der Waals surface area contributed by atoms with Crippen LogP contribution < -0.4 is 5.32 Å². The predicted molar refractivity (Wildman–Crippen MR) is 63.3 cm³/mol. The van der Waals surface area contributed by atoms with Gasteiger partial charge in [-0.15, -0.1) is 0 Å². The van der Waals surface area contributed by atoms with Crippen LogP contribution in [0, 0.1) is 0 Å². The molecule has 2 rings (SSSR count). The van der Waals surface area contributed by atoms with Gasteiger partial charge in [0.1, 0.15) is 5.82 Å². The third-order valence-corrected chi connectivity index (χ3v) is 2.37. The molecule has 0 aliphatic heterocycles. The van der Waals surface area contributed by atoms with E-state index >= 15 is 0 Å². The average molecular weight is 219 g/mol. The predicted octanol–water partition coefficient (Wildman–Crippen LogP) is 1.49. The molecule has 0 aromatic carbocycles. The van der Waals surface area contributed by atoms with Gasteiger partial charge in [-0.1, -0.05) is 0 Å². The summed E-state index contributed by atoms with van der Waals surface area (Å²) in [4.78, 5) is 8.58. The van der Waals surface area contributed by atoms with Crippen LogP contribution in [0.1, 0.15) is 19.7 Å². The van der Waals surface area contributed by atoms with Crippen LogP contribution in [-0.4, -0.2) is 25.1 Å². The molecule has 2 heterocycles. The van der Waals surface area contributed by atoms with E-state index < -0.39 is 0 Å². The fourth-order valence-corrected chi connectivity index (χ4v) is 1.54. The fourth-order valence-electron chi connectivity index (χ4n) is 1.54. The SMILES string of the molecule is CC(C)Nc1nccn1Cc1nccn1C. The molecular formula is C11H17N5. The molecule has 0 saturated heterocycles. The molecule has 5 nitrogen and oxygen atoms in total. The van der Waals surface area contributed by atoms with E-state index in [9.17, 15) is 0 Å². The largest absolute Gasteiger partial charge is 0.353 e. The summed E-state index contributed by atoms with van der Waals surface area (Å²) in [6.07, 6.45) is 7.51. The van der Waals surface area contributed by atoms with Gasteiger partial charge in [-0.25, -0.2) is 9.97 Å². The molecule has 0 spiro atoms. The minimum atomic E-state index is 0.377. The number of imidazole rings is 2. The van der Waals surface area contributed by atoms with Crippen LogP contribution in [0.3, 0.4) is 0 Å². The van der Waals surface area contributed by atoms with Crippen LogP contribution in [0.2, 0.25) is 0 Å². The number of hydrogen-bond donors (Lipinski definition) is 1. The van der Waals surface area contributed by atoms with Crippen molar-refractivity contribution >= 4 is 5.95 Å². The highest BCUT2D eigenvalue weighted by atomic mass is 15.2. The van der Waals surface area contributed by atoms with Crippen molar-refractivity contribution in [3.05, 3.63) is 30.6 Å². The van der Waals surface area contributed by atoms with Gasteiger partial charge >= 0.3 is 0 Å². The first-order valence-electron chi connectivity index (χ1n) is 5.40. The molecule has 16 heavy (non-hydrogen) atoms. The Bertz CT molecular complexity index is 454. The van der Waals surface area contributed by atoms with Crippen molar-refractivity contribution in [1.82, 2.24) is 19.1 Å². The van der Waals surface area contributed by atoms with Crippen molar-refractivity contribution in [2.45, 2.75) is 26.4 Å². The van der Waals surface area contributed by atoms with E-state index in [1.54, 1.807) is 6.20 Å². The van der Waals surface area contributed by atoms with Gasteiger partial charge < -0.3 is 14.5 Å². The van der Waals surface area contributed by atoms with E-state index in [4.69, 9.17) is 0 Å². The van der Waals surface area contributed by atoms with Crippen molar-refractivity contribution in [2.24, 2.45) is 7.05 Å². The number of aromatic nitrogens is 4. The maximum absolute atomic E-state index is 4.30. The molecule has 0 aliphatic rings. The standard InChI is InChI=1S/C11H17N5/c1-9(2)14-11-13-5-7-16(11)8-10-12-4-6-15(10)3/h4-7,9H,8H2,1-3H3,(H,13,14). The molecular weight excluding hydrogens is 202 g/mol. The number of nitrogens with zero attached hydrogens (tertiary/aromatic N) is 4. The number of rotatable bonds is 4. The Balaban J connectivity index is 2.16. The maximum Gasteiger partial charge on any atom is 0.203 e.